The topological polar surface area (TPSA) is 78.8 Å². The summed E-state index contributed by atoms with van der Waals surface area (Å²) in [5, 5.41) is 21.8. The molecule has 0 fully saturated rings. The van der Waals surface area contributed by atoms with Crippen LogP contribution in [0.25, 0.3) is 0 Å². The maximum Gasteiger partial charge on any atom is 0.262 e. The molecule has 2 atom stereocenters. The van der Waals surface area contributed by atoms with Crippen LogP contribution in [0.15, 0.2) is 18.2 Å². The van der Waals surface area contributed by atoms with Gasteiger partial charge in [0.1, 0.15) is 11.9 Å². The van der Waals surface area contributed by atoms with Gasteiger partial charge in [0.2, 0.25) is 0 Å². The molecule has 1 aromatic carbocycles. The van der Waals surface area contributed by atoms with E-state index in [1.807, 2.05) is 0 Å². The highest BCUT2D eigenvalue weighted by Gasteiger charge is 2.21. The zero-order valence-electron chi connectivity index (χ0n) is 8.89. The minimum Gasteiger partial charge on any atom is -0.482 e. The number of fused-ring (bicyclic) bond motifs is 1. The second-order valence-corrected chi connectivity index (χ2v) is 4.07. The van der Waals surface area contributed by atoms with Crippen LogP contribution in [0.5, 0.6) is 5.75 Å². The molecule has 6 heteroatoms. The average molecular weight is 258 g/mol. The highest BCUT2D eigenvalue weighted by atomic mass is 35.5. The summed E-state index contributed by atoms with van der Waals surface area (Å²) in [4.78, 5) is 11.1. The van der Waals surface area contributed by atoms with Crippen LogP contribution in [0.1, 0.15) is 11.7 Å². The Bertz CT molecular complexity index is 437. The molecule has 3 N–H and O–H groups in total. The minimum absolute atomic E-state index is 0.0147. The van der Waals surface area contributed by atoms with Crippen LogP contribution < -0.4 is 10.1 Å². The lowest BCUT2D eigenvalue weighted by molar-refractivity contribution is -0.118. The summed E-state index contributed by atoms with van der Waals surface area (Å²) < 4.78 is 5.18. The smallest absolute Gasteiger partial charge is 0.262 e. The van der Waals surface area contributed by atoms with E-state index in [0.717, 1.165) is 0 Å². The number of rotatable bonds is 3. The molecule has 1 heterocycles. The molecule has 0 saturated carbocycles. The number of aliphatic hydroxyl groups is 2. The molecule has 0 aromatic heterocycles. The van der Waals surface area contributed by atoms with Crippen molar-refractivity contribution < 1.29 is 19.7 Å². The second-order valence-electron chi connectivity index (χ2n) is 3.76. The molecular weight excluding hydrogens is 246 g/mol. The van der Waals surface area contributed by atoms with Crippen molar-refractivity contribution in [2.75, 3.05) is 17.8 Å². The molecule has 1 aromatic rings. The number of alkyl halides is 1. The Morgan fingerprint density at radius 3 is 2.94 bits per heavy atom. The quantitative estimate of drug-likeness (QED) is 0.695. The number of aliphatic hydroxyl groups excluding tert-OH is 2. The molecule has 2 unspecified atom stereocenters. The predicted molar refractivity (Wildman–Crippen MR) is 62.3 cm³/mol. The van der Waals surface area contributed by atoms with Gasteiger partial charge in [0, 0.05) is 0 Å². The molecule has 0 spiro atoms. The minimum atomic E-state index is -1.09. The number of anilines is 1. The van der Waals surface area contributed by atoms with Gasteiger partial charge in [-0.1, -0.05) is 6.07 Å². The Hall–Kier alpha value is -1.30. The maximum atomic E-state index is 11.1. The molecular formula is C11H12ClNO4. The molecule has 0 bridgehead atoms. The fourth-order valence-electron chi connectivity index (χ4n) is 1.59. The van der Waals surface area contributed by atoms with Crippen LogP contribution in [0.2, 0.25) is 0 Å². The van der Waals surface area contributed by atoms with Crippen molar-refractivity contribution in [2.24, 2.45) is 0 Å². The molecule has 0 radical (unpaired) electrons. The van der Waals surface area contributed by atoms with Crippen molar-refractivity contribution in [2.45, 2.75) is 12.2 Å². The van der Waals surface area contributed by atoms with E-state index in [1.165, 1.54) is 0 Å². The molecule has 5 nitrogen and oxygen atoms in total. The predicted octanol–water partition coefficient (Wildman–Crippen LogP) is 0.651. The van der Waals surface area contributed by atoms with Crippen molar-refractivity contribution >= 4 is 23.2 Å². The van der Waals surface area contributed by atoms with Crippen LogP contribution in [0, 0.1) is 0 Å². The Labute approximate surface area is 103 Å². The molecule has 2 rings (SSSR count). The number of carbonyl (C=O) groups is 1. The molecule has 17 heavy (non-hydrogen) atoms. The third-order valence-corrected chi connectivity index (χ3v) is 2.82. The van der Waals surface area contributed by atoms with Crippen LogP contribution in [0.4, 0.5) is 5.69 Å². The third-order valence-electron chi connectivity index (χ3n) is 2.50. The van der Waals surface area contributed by atoms with Gasteiger partial charge in [0.25, 0.3) is 5.91 Å². The van der Waals surface area contributed by atoms with E-state index < -0.39 is 12.2 Å². The van der Waals surface area contributed by atoms with E-state index in [1.54, 1.807) is 18.2 Å². The number of carbonyl (C=O) groups excluding carboxylic acids is 1. The summed E-state index contributed by atoms with van der Waals surface area (Å²) in [7, 11) is 0. The molecule has 1 amide bonds. The zero-order valence-corrected chi connectivity index (χ0v) is 9.65. The van der Waals surface area contributed by atoms with Crippen LogP contribution in [0.3, 0.4) is 0 Å². The van der Waals surface area contributed by atoms with Crippen LogP contribution in [-0.4, -0.2) is 34.7 Å². The highest BCUT2D eigenvalue weighted by Crippen LogP contribution is 2.31. The summed E-state index contributed by atoms with van der Waals surface area (Å²) in [6, 6.07) is 4.82. The zero-order chi connectivity index (χ0) is 12.4. The Balaban J connectivity index is 2.26. The van der Waals surface area contributed by atoms with E-state index in [2.05, 4.69) is 5.32 Å². The first-order chi connectivity index (χ1) is 8.11. The molecule has 1 aliphatic heterocycles. The van der Waals surface area contributed by atoms with Gasteiger partial charge < -0.3 is 20.3 Å². The third kappa shape index (κ3) is 2.52. The lowest BCUT2D eigenvalue weighted by Crippen LogP contribution is -2.26. The standard InChI is InChI=1S/C11H12ClNO4/c12-4-8(14)11(16)6-1-2-9-7(3-6)13-10(15)5-17-9/h1-3,8,11,14,16H,4-5H2,(H,13,15). The van der Waals surface area contributed by atoms with Gasteiger partial charge in [-0.25, -0.2) is 0 Å². The van der Waals surface area contributed by atoms with Crippen molar-refractivity contribution in [3.05, 3.63) is 23.8 Å². The van der Waals surface area contributed by atoms with Gasteiger partial charge in [-0.15, -0.1) is 11.6 Å². The Morgan fingerprint density at radius 1 is 1.47 bits per heavy atom. The monoisotopic (exact) mass is 257 g/mol. The van der Waals surface area contributed by atoms with Gasteiger partial charge in [0.15, 0.2) is 6.61 Å². The van der Waals surface area contributed by atoms with Gasteiger partial charge in [-0.05, 0) is 17.7 Å². The molecule has 92 valence electrons. The summed E-state index contributed by atoms with van der Waals surface area (Å²) in [6.07, 6.45) is -2.13. The van der Waals surface area contributed by atoms with Crippen molar-refractivity contribution in [1.29, 1.82) is 0 Å². The number of halogens is 1. The van der Waals surface area contributed by atoms with Gasteiger partial charge in [0.05, 0.1) is 17.7 Å². The Kier molecular flexibility index (Phi) is 3.51. The van der Waals surface area contributed by atoms with E-state index in [-0.39, 0.29) is 18.4 Å². The number of benzene rings is 1. The van der Waals surface area contributed by atoms with Crippen molar-refractivity contribution in [1.82, 2.24) is 0 Å². The number of amides is 1. The van der Waals surface area contributed by atoms with Crippen LogP contribution >= 0.6 is 11.6 Å². The fourth-order valence-corrected chi connectivity index (χ4v) is 1.76. The summed E-state index contributed by atoms with van der Waals surface area (Å²) in [6.45, 7) is -0.0147. The van der Waals surface area contributed by atoms with Crippen molar-refractivity contribution in [3.8, 4) is 5.75 Å². The first-order valence-corrected chi connectivity index (χ1v) is 5.64. The van der Waals surface area contributed by atoms with E-state index in [0.29, 0.717) is 17.0 Å². The summed E-state index contributed by atoms with van der Waals surface area (Å²) >= 11 is 5.46. The van der Waals surface area contributed by atoms with Gasteiger partial charge in [-0.3, -0.25) is 4.79 Å². The first-order valence-electron chi connectivity index (χ1n) is 5.10. The van der Waals surface area contributed by atoms with E-state index in [4.69, 9.17) is 16.3 Å². The van der Waals surface area contributed by atoms with E-state index >= 15 is 0 Å². The number of hydrogen-bond donors (Lipinski definition) is 3. The fraction of sp³-hybridized carbons (Fsp3) is 0.364. The summed E-state index contributed by atoms with van der Waals surface area (Å²) in [5.74, 6) is 0.226. The largest absolute Gasteiger partial charge is 0.482 e. The normalized spacial score (nSPS) is 17.7. The average Bonchev–Trinajstić information content (AvgIpc) is 2.36. The Morgan fingerprint density at radius 2 is 2.24 bits per heavy atom. The lowest BCUT2D eigenvalue weighted by atomic mass is 10.0. The molecule has 1 aliphatic rings. The SMILES string of the molecule is O=C1COc2ccc(C(O)C(O)CCl)cc2N1. The van der Waals surface area contributed by atoms with Crippen LogP contribution in [-0.2, 0) is 4.79 Å². The second kappa shape index (κ2) is 4.91. The summed E-state index contributed by atoms with van der Waals surface area (Å²) in [5.41, 5.74) is 0.960. The van der Waals surface area contributed by atoms with Gasteiger partial charge >= 0.3 is 0 Å². The number of hydrogen-bond acceptors (Lipinski definition) is 4. The number of nitrogens with one attached hydrogen (secondary N) is 1. The highest BCUT2D eigenvalue weighted by molar-refractivity contribution is 6.18. The molecule has 0 aliphatic carbocycles. The lowest BCUT2D eigenvalue weighted by Gasteiger charge is -2.21. The van der Waals surface area contributed by atoms with E-state index in [9.17, 15) is 15.0 Å². The first kappa shape index (κ1) is 12.2. The van der Waals surface area contributed by atoms with Crippen molar-refractivity contribution in [3.63, 3.8) is 0 Å². The number of ether oxygens (including phenoxy) is 1. The van der Waals surface area contributed by atoms with Gasteiger partial charge in [-0.2, -0.15) is 0 Å². The maximum absolute atomic E-state index is 11.1. The molecule has 0 saturated heterocycles.